The summed E-state index contributed by atoms with van der Waals surface area (Å²) in [7, 11) is 0. The Labute approximate surface area is 123 Å². The molecule has 0 spiro atoms. The number of carbonyl (C=O) groups excluding carboxylic acids is 1. The molecule has 104 valence electrons. The molecule has 1 amide bonds. The maximum absolute atomic E-state index is 12.2. The number of amides is 1. The number of piperidine rings is 1. The molecule has 0 N–H and O–H groups in total. The van der Waals surface area contributed by atoms with Crippen LogP contribution >= 0.6 is 11.6 Å². The molecular weight excluding hydrogens is 272 g/mol. The van der Waals surface area contributed by atoms with Crippen LogP contribution in [-0.2, 0) is 11.3 Å². The van der Waals surface area contributed by atoms with E-state index < -0.39 is 0 Å². The van der Waals surface area contributed by atoms with Gasteiger partial charge in [-0.1, -0.05) is 36.7 Å². The van der Waals surface area contributed by atoms with Gasteiger partial charge in [-0.25, -0.2) is 4.98 Å². The number of para-hydroxylation sites is 1. The van der Waals surface area contributed by atoms with Gasteiger partial charge in [0, 0.05) is 30.0 Å². The van der Waals surface area contributed by atoms with Gasteiger partial charge in [-0.15, -0.1) is 0 Å². The summed E-state index contributed by atoms with van der Waals surface area (Å²) in [4.78, 5) is 18.5. The zero-order chi connectivity index (χ0) is 14.1. The molecule has 3 nitrogen and oxygen atoms in total. The second kappa shape index (κ2) is 5.41. The number of likely N-dealkylation sites (tertiary alicyclic amines) is 1. The van der Waals surface area contributed by atoms with E-state index in [1.165, 1.54) is 0 Å². The van der Waals surface area contributed by atoms with Crippen LogP contribution in [0, 0.1) is 5.92 Å². The molecule has 1 aliphatic heterocycles. The van der Waals surface area contributed by atoms with Crippen LogP contribution in [0.15, 0.2) is 30.3 Å². The predicted octanol–water partition coefficient (Wildman–Crippen LogP) is 3.65. The highest BCUT2D eigenvalue weighted by Gasteiger charge is 2.25. The Kier molecular flexibility index (Phi) is 3.62. The van der Waals surface area contributed by atoms with Gasteiger partial charge in [0.1, 0.15) is 5.15 Å². The summed E-state index contributed by atoms with van der Waals surface area (Å²) in [5, 5.41) is 1.55. The Morgan fingerprint density at radius 2 is 2.20 bits per heavy atom. The zero-order valence-corrected chi connectivity index (χ0v) is 12.2. The van der Waals surface area contributed by atoms with Crippen LogP contribution in [0.5, 0.6) is 0 Å². The van der Waals surface area contributed by atoms with Gasteiger partial charge in [0.25, 0.3) is 0 Å². The van der Waals surface area contributed by atoms with Crippen LogP contribution in [0.3, 0.4) is 0 Å². The SMILES string of the molecule is CC1CCCN(Cc2cc3ccccc3nc2Cl)C1=O. The summed E-state index contributed by atoms with van der Waals surface area (Å²) < 4.78 is 0. The van der Waals surface area contributed by atoms with Crippen molar-refractivity contribution in [1.82, 2.24) is 9.88 Å². The number of benzene rings is 1. The van der Waals surface area contributed by atoms with Gasteiger partial charge in [0.05, 0.1) is 5.52 Å². The van der Waals surface area contributed by atoms with E-state index in [0.717, 1.165) is 35.9 Å². The highest BCUT2D eigenvalue weighted by molar-refractivity contribution is 6.30. The summed E-state index contributed by atoms with van der Waals surface area (Å²) in [6.45, 7) is 3.36. The average Bonchev–Trinajstić information content (AvgIpc) is 2.44. The van der Waals surface area contributed by atoms with E-state index in [9.17, 15) is 4.79 Å². The number of pyridine rings is 1. The summed E-state index contributed by atoms with van der Waals surface area (Å²) >= 11 is 6.26. The van der Waals surface area contributed by atoms with E-state index in [0.29, 0.717) is 11.7 Å². The standard InChI is InChI=1S/C16H17ClN2O/c1-11-5-4-8-19(16(11)20)10-13-9-12-6-2-3-7-14(12)18-15(13)17/h2-3,6-7,9,11H,4-5,8,10H2,1H3. The molecule has 0 aliphatic carbocycles. The average molecular weight is 289 g/mol. The first-order valence-corrected chi connectivity index (χ1v) is 7.36. The maximum Gasteiger partial charge on any atom is 0.225 e. The lowest BCUT2D eigenvalue weighted by Crippen LogP contribution is -2.39. The molecule has 1 unspecified atom stereocenters. The number of hydrogen-bond acceptors (Lipinski definition) is 2. The number of rotatable bonds is 2. The molecule has 1 atom stereocenters. The molecule has 1 aromatic carbocycles. The van der Waals surface area contributed by atoms with Gasteiger partial charge in [-0.05, 0) is 25.0 Å². The minimum absolute atomic E-state index is 0.121. The number of carbonyl (C=O) groups is 1. The van der Waals surface area contributed by atoms with Crippen molar-refractivity contribution in [3.63, 3.8) is 0 Å². The second-order valence-corrected chi connectivity index (χ2v) is 5.79. The molecule has 4 heteroatoms. The van der Waals surface area contributed by atoms with E-state index in [-0.39, 0.29) is 11.8 Å². The number of aromatic nitrogens is 1. The van der Waals surface area contributed by atoms with Crippen molar-refractivity contribution >= 4 is 28.4 Å². The quantitative estimate of drug-likeness (QED) is 0.790. The minimum Gasteiger partial charge on any atom is -0.338 e. The third kappa shape index (κ3) is 2.50. The largest absolute Gasteiger partial charge is 0.338 e. The Morgan fingerprint density at radius 3 is 3.05 bits per heavy atom. The second-order valence-electron chi connectivity index (χ2n) is 5.43. The monoisotopic (exact) mass is 288 g/mol. The molecule has 0 bridgehead atoms. The van der Waals surface area contributed by atoms with Gasteiger partial charge in [0.15, 0.2) is 0 Å². The van der Waals surface area contributed by atoms with Crippen LogP contribution in [0.1, 0.15) is 25.3 Å². The van der Waals surface area contributed by atoms with E-state index in [1.807, 2.05) is 42.2 Å². The van der Waals surface area contributed by atoms with Crippen LogP contribution in [0.25, 0.3) is 10.9 Å². The third-order valence-electron chi connectivity index (χ3n) is 3.91. The normalized spacial score (nSPS) is 19.6. The first-order valence-electron chi connectivity index (χ1n) is 6.98. The van der Waals surface area contributed by atoms with E-state index in [2.05, 4.69) is 4.98 Å². The van der Waals surface area contributed by atoms with Crippen molar-refractivity contribution in [3.05, 3.63) is 41.0 Å². The molecule has 2 heterocycles. The fraction of sp³-hybridized carbons (Fsp3) is 0.375. The zero-order valence-electron chi connectivity index (χ0n) is 11.5. The van der Waals surface area contributed by atoms with Gasteiger partial charge >= 0.3 is 0 Å². The van der Waals surface area contributed by atoms with Gasteiger partial charge in [0.2, 0.25) is 5.91 Å². The summed E-state index contributed by atoms with van der Waals surface area (Å²) in [5.74, 6) is 0.344. The first-order chi connectivity index (χ1) is 9.65. The molecule has 20 heavy (non-hydrogen) atoms. The Bertz CT molecular complexity index is 656. The highest BCUT2D eigenvalue weighted by atomic mass is 35.5. The number of nitrogens with zero attached hydrogens (tertiary/aromatic N) is 2. The highest BCUT2D eigenvalue weighted by Crippen LogP contribution is 2.24. The lowest BCUT2D eigenvalue weighted by atomic mass is 9.99. The summed E-state index contributed by atoms with van der Waals surface area (Å²) in [6.07, 6.45) is 2.05. The minimum atomic E-state index is 0.121. The van der Waals surface area contributed by atoms with Crippen molar-refractivity contribution in [2.24, 2.45) is 5.92 Å². The van der Waals surface area contributed by atoms with Crippen molar-refractivity contribution in [2.45, 2.75) is 26.3 Å². The first kappa shape index (κ1) is 13.4. The smallest absolute Gasteiger partial charge is 0.225 e. The summed E-state index contributed by atoms with van der Waals surface area (Å²) in [5.41, 5.74) is 1.81. The Balaban J connectivity index is 1.90. The van der Waals surface area contributed by atoms with E-state index >= 15 is 0 Å². The molecule has 1 saturated heterocycles. The van der Waals surface area contributed by atoms with Crippen molar-refractivity contribution in [3.8, 4) is 0 Å². The van der Waals surface area contributed by atoms with Crippen molar-refractivity contribution < 1.29 is 4.79 Å². The number of halogens is 1. The van der Waals surface area contributed by atoms with Crippen molar-refractivity contribution in [2.75, 3.05) is 6.54 Å². The molecule has 1 aromatic heterocycles. The van der Waals surface area contributed by atoms with Crippen LogP contribution in [0.4, 0.5) is 0 Å². The predicted molar refractivity (Wildman–Crippen MR) is 80.6 cm³/mol. The fourth-order valence-corrected chi connectivity index (χ4v) is 2.95. The van der Waals surface area contributed by atoms with Gasteiger partial charge < -0.3 is 4.90 Å². The van der Waals surface area contributed by atoms with E-state index in [1.54, 1.807) is 0 Å². The lowest BCUT2D eigenvalue weighted by molar-refractivity contribution is -0.138. The third-order valence-corrected chi connectivity index (χ3v) is 4.24. The summed E-state index contributed by atoms with van der Waals surface area (Å²) in [6, 6.07) is 9.93. The van der Waals surface area contributed by atoms with Crippen LogP contribution in [-0.4, -0.2) is 22.3 Å². The molecule has 1 aliphatic rings. The molecule has 0 saturated carbocycles. The molecule has 3 rings (SSSR count). The molecule has 1 fully saturated rings. The molecule has 2 aromatic rings. The van der Waals surface area contributed by atoms with Gasteiger partial charge in [-0.2, -0.15) is 0 Å². The lowest BCUT2D eigenvalue weighted by Gasteiger charge is -2.30. The van der Waals surface area contributed by atoms with E-state index in [4.69, 9.17) is 11.6 Å². The molecule has 0 radical (unpaired) electrons. The Hall–Kier alpha value is -1.61. The maximum atomic E-state index is 12.2. The topological polar surface area (TPSA) is 33.2 Å². The van der Waals surface area contributed by atoms with Crippen LogP contribution < -0.4 is 0 Å². The van der Waals surface area contributed by atoms with Crippen LogP contribution in [0.2, 0.25) is 5.15 Å². The molecular formula is C16H17ClN2O. The van der Waals surface area contributed by atoms with Crippen molar-refractivity contribution in [1.29, 1.82) is 0 Å². The number of fused-ring (bicyclic) bond motifs is 1. The fourth-order valence-electron chi connectivity index (χ4n) is 2.74. The number of hydrogen-bond donors (Lipinski definition) is 0. The Morgan fingerprint density at radius 1 is 1.40 bits per heavy atom. The van der Waals surface area contributed by atoms with Gasteiger partial charge in [-0.3, -0.25) is 4.79 Å².